The van der Waals surface area contributed by atoms with Crippen LogP contribution in [0.1, 0.15) is 23.6 Å². The van der Waals surface area contributed by atoms with Crippen molar-refractivity contribution in [1.82, 2.24) is 9.62 Å². The van der Waals surface area contributed by atoms with E-state index in [1.165, 1.54) is 11.1 Å². The monoisotopic (exact) mass is 266 g/mol. The van der Waals surface area contributed by atoms with E-state index in [0.717, 1.165) is 18.7 Å². The van der Waals surface area contributed by atoms with Gasteiger partial charge in [-0.2, -0.15) is 4.31 Å². The SMILES string of the molecule is CC1CN(Cc2ccc3c(c2)CNC3)S(=O)(=O)C1. The van der Waals surface area contributed by atoms with Gasteiger partial charge in [-0.15, -0.1) is 0 Å². The van der Waals surface area contributed by atoms with Crippen LogP contribution in [-0.4, -0.2) is 25.0 Å². The summed E-state index contributed by atoms with van der Waals surface area (Å²) in [5, 5.41) is 3.30. The summed E-state index contributed by atoms with van der Waals surface area (Å²) in [6.45, 7) is 4.97. The average molecular weight is 266 g/mol. The fourth-order valence-electron chi connectivity index (χ4n) is 2.79. The molecule has 1 unspecified atom stereocenters. The van der Waals surface area contributed by atoms with Crippen LogP contribution in [-0.2, 0) is 29.7 Å². The van der Waals surface area contributed by atoms with E-state index in [2.05, 4.69) is 17.4 Å². The van der Waals surface area contributed by atoms with Gasteiger partial charge >= 0.3 is 0 Å². The first-order valence-corrected chi connectivity index (χ1v) is 7.95. The van der Waals surface area contributed by atoms with Crippen LogP contribution in [0.25, 0.3) is 0 Å². The molecular weight excluding hydrogens is 248 g/mol. The molecule has 2 aliphatic rings. The van der Waals surface area contributed by atoms with Gasteiger partial charge in [-0.3, -0.25) is 0 Å². The third kappa shape index (κ3) is 2.18. The predicted octanol–water partition coefficient (Wildman–Crippen LogP) is 1.07. The third-order valence-corrected chi connectivity index (χ3v) is 5.72. The summed E-state index contributed by atoms with van der Waals surface area (Å²) in [4.78, 5) is 0. The second kappa shape index (κ2) is 4.33. The normalized spacial score (nSPS) is 26.4. The van der Waals surface area contributed by atoms with Gasteiger partial charge in [-0.1, -0.05) is 25.1 Å². The molecule has 0 aromatic heterocycles. The molecule has 4 nitrogen and oxygen atoms in total. The lowest BCUT2D eigenvalue weighted by Crippen LogP contribution is -2.25. The molecule has 18 heavy (non-hydrogen) atoms. The summed E-state index contributed by atoms with van der Waals surface area (Å²) in [5.41, 5.74) is 3.73. The molecule has 5 heteroatoms. The molecule has 1 fully saturated rings. The van der Waals surface area contributed by atoms with E-state index >= 15 is 0 Å². The quantitative estimate of drug-likeness (QED) is 0.871. The minimum absolute atomic E-state index is 0.242. The van der Waals surface area contributed by atoms with E-state index in [9.17, 15) is 8.42 Å². The minimum Gasteiger partial charge on any atom is -0.309 e. The number of sulfonamides is 1. The molecule has 1 N–H and O–H groups in total. The standard InChI is InChI=1S/C13H18N2O2S/c1-10-7-15(18(16,17)9-10)8-11-2-3-12-5-14-6-13(12)4-11/h2-4,10,14H,5-9H2,1H3. The molecule has 1 aromatic carbocycles. The zero-order valence-electron chi connectivity index (χ0n) is 10.5. The van der Waals surface area contributed by atoms with Crippen LogP contribution in [0.2, 0.25) is 0 Å². The maximum Gasteiger partial charge on any atom is 0.214 e. The van der Waals surface area contributed by atoms with E-state index in [1.807, 2.05) is 13.0 Å². The van der Waals surface area contributed by atoms with Crippen LogP contribution < -0.4 is 5.32 Å². The first-order chi connectivity index (χ1) is 8.54. The highest BCUT2D eigenvalue weighted by Crippen LogP contribution is 2.23. The second-order valence-electron chi connectivity index (χ2n) is 5.38. The molecule has 1 saturated heterocycles. The van der Waals surface area contributed by atoms with Gasteiger partial charge in [0.15, 0.2) is 0 Å². The zero-order valence-corrected chi connectivity index (χ0v) is 11.3. The van der Waals surface area contributed by atoms with Gasteiger partial charge in [0.1, 0.15) is 0 Å². The van der Waals surface area contributed by atoms with Crippen LogP contribution in [0.3, 0.4) is 0 Å². The van der Waals surface area contributed by atoms with Crippen LogP contribution in [0.15, 0.2) is 18.2 Å². The molecule has 3 rings (SSSR count). The van der Waals surface area contributed by atoms with Gasteiger partial charge in [-0.05, 0) is 22.6 Å². The lowest BCUT2D eigenvalue weighted by atomic mass is 10.1. The molecule has 0 spiro atoms. The smallest absolute Gasteiger partial charge is 0.214 e. The molecule has 0 bridgehead atoms. The van der Waals surface area contributed by atoms with Crippen molar-refractivity contribution in [3.8, 4) is 0 Å². The van der Waals surface area contributed by atoms with Gasteiger partial charge in [0.25, 0.3) is 0 Å². The van der Waals surface area contributed by atoms with Crippen LogP contribution in [0.5, 0.6) is 0 Å². The number of nitrogens with one attached hydrogen (secondary N) is 1. The molecule has 2 aliphatic heterocycles. The van der Waals surface area contributed by atoms with Crippen LogP contribution in [0.4, 0.5) is 0 Å². The lowest BCUT2D eigenvalue weighted by Gasteiger charge is -2.15. The summed E-state index contributed by atoms with van der Waals surface area (Å²) in [6.07, 6.45) is 0. The van der Waals surface area contributed by atoms with Crippen molar-refractivity contribution in [3.63, 3.8) is 0 Å². The first kappa shape index (κ1) is 12.1. The topological polar surface area (TPSA) is 49.4 Å². The van der Waals surface area contributed by atoms with Gasteiger partial charge in [0.2, 0.25) is 10.0 Å². The van der Waals surface area contributed by atoms with Crippen LogP contribution in [0, 0.1) is 5.92 Å². The van der Waals surface area contributed by atoms with Crippen molar-refractivity contribution in [2.45, 2.75) is 26.6 Å². The van der Waals surface area contributed by atoms with E-state index in [0.29, 0.717) is 18.8 Å². The number of hydrogen-bond acceptors (Lipinski definition) is 3. The van der Waals surface area contributed by atoms with Gasteiger partial charge in [0.05, 0.1) is 5.75 Å². The molecule has 0 saturated carbocycles. The van der Waals surface area contributed by atoms with Crippen molar-refractivity contribution in [2.75, 3.05) is 12.3 Å². The lowest BCUT2D eigenvalue weighted by molar-refractivity contribution is 0.409. The molecule has 0 radical (unpaired) electrons. The maximum atomic E-state index is 11.9. The Balaban J connectivity index is 1.81. The molecule has 0 amide bonds. The second-order valence-corrected chi connectivity index (χ2v) is 7.40. The molecule has 98 valence electrons. The molecule has 1 aromatic rings. The van der Waals surface area contributed by atoms with E-state index in [4.69, 9.17) is 0 Å². The summed E-state index contributed by atoms with van der Waals surface area (Å²) >= 11 is 0. The zero-order chi connectivity index (χ0) is 12.8. The van der Waals surface area contributed by atoms with Crippen molar-refractivity contribution in [1.29, 1.82) is 0 Å². The molecular formula is C13H18N2O2S. The Morgan fingerprint density at radius 3 is 2.83 bits per heavy atom. The van der Waals surface area contributed by atoms with Gasteiger partial charge in [0, 0.05) is 26.2 Å². The average Bonchev–Trinajstić information content (AvgIpc) is 2.83. The van der Waals surface area contributed by atoms with Crippen molar-refractivity contribution in [3.05, 3.63) is 34.9 Å². The predicted molar refractivity (Wildman–Crippen MR) is 70.3 cm³/mol. The highest BCUT2D eigenvalue weighted by atomic mass is 32.2. The number of fused-ring (bicyclic) bond motifs is 1. The highest BCUT2D eigenvalue weighted by Gasteiger charge is 2.33. The number of rotatable bonds is 2. The van der Waals surface area contributed by atoms with Crippen molar-refractivity contribution >= 4 is 10.0 Å². The summed E-state index contributed by atoms with van der Waals surface area (Å²) in [6, 6.07) is 6.29. The number of nitrogens with zero attached hydrogens (tertiary/aromatic N) is 1. The first-order valence-electron chi connectivity index (χ1n) is 6.34. The largest absolute Gasteiger partial charge is 0.309 e. The third-order valence-electron chi connectivity index (χ3n) is 3.66. The van der Waals surface area contributed by atoms with E-state index in [-0.39, 0.29) is 5.92 Å². The Hall–Kier alpha value is -0.910. The molecule has 0 aliphatic carbocycles. The van der Waals surface area contributed by atoms with Crippen molar-refractivity contribution in [2.24, 2.45) is 5.92 Å². The Labute approximate surface area is 108 Å². The number of benzene rings is 1. The molecule has 2 heterocycles. The van der Waals surface area contributed by atoms with Gasteiger partial charge in [-0.25, -0.2) is 8.42 Å². The summed E-state index contributed by atoms with van der Waals surface area (Å²) < 4.78 is 25.5. The Bertz CT molecular complexity index is 568. The van der Waals surface area contributed by atoms with Crippen molar-refractivity contribution < 1.29 is 8.42 Å². The number of hydrogen-bond donors (Lipinski definition) is 1. The summed E-state index contributed by atoms with van der Waals surface area (Å²) in [5.74, 6) is 0.533. The molecule has 1 atom stereocenters. The maximum absolute atomic E-state index is 11.9. The summed E-state index contributed by atoms with van der Waals surface area (Å²) in [7, 11) is -3.03. The minimum atomic E-state index is -3.03. The van der Waals surface area contributed by atoms with E-state index < -0.39 is 10.0 Å². The Kier molecular flexibility index (Phi) is 2.92. The highest BCUT2D eigenvalue weighted by molar-refractivity contribution is 7.89. The fourth-order valence-corrected chi connectivity index (χ4v) is 4.65. The van der Waals surface area contributed by atoms with Gasteiger partial charge < -0.3 is 5.32 Å². The van der Waals surface area contributed by atoms with E-state index in [1.54, 1.807) is 4.31 Å². The Morgan fingerprint density at radius 2 is 2.11 bits per heavy atom. The van der Waals surface area contributed by atoms with Crippen LogP contribution >= 0.6 is 0 Å². The Morgan fingerprint density at radius 1 is 1.33 bits per heavy atom. The fraction of sp³-hybridized carbons (Fsp3) is 0.538.